The smallest absolute Gasteiger partial charge is 0.319 e. The zero-order chi connectivity index (χ0) is 25.6. The Hall–Kier alpha value is -3.10. The van der Waals surface area contributed by atoms with Gasteiger partial charge in [-0.05, 0) is 63.4 Å². The lowest BCUT2D eigenvalue weighted by molar-refractivity contribution is -0.138. The minimum absolute atomic E-state index is 0.256. The van der Waals surface area contributed by atoms with Gasteiger partial charge in [-0.3, -0.25) is 9.59 Å². The number of carbonyl (C=O) groups is 2. The normalized spacial score (nSPS) is 11.5. The van der Waals surface area contributed by atoms with Gasteiger partial charge in [0.25, 0.3) is 5.91 Å². The molecule has 1 aromatic heterocycles. The van der Waals surface area contributed by atoms with Crippen LogP contribution in [0.15, 0.2) is 53.4 Å². The molecule has 0 aliphatic heterocycles. The molecule has 0 unspecified atom stereocenters. The number of aliphatic carboxylic acids is 1. The van der Waals surface area contributed by atoms with E-state index in [1.54, 1.807) is 21.0 Å². The number of nitrogens with zero attached hydrogens (tertiary/aromatic N) is 2. The van der Waals surface area contributed by atoms with Crippen LogP contribution >= 0.6 is 11.8 Å². The average Bonchev–Trinajstić information content (AvgIpc) is 3.16. The fourth-order valence-corrected chi connectivity index (χ4v) is 4.58. The van der Waals surface area contributed by atoms with Gasteiger partial charge in [-0.25, -0.2) is 4.98 Å². The molecule has 0 aliphatic carbocycles. The fourth-order valence-electron chi connectivity index (χ4n) is 3.63. The van der Waals surface area contributed by atoms with E-state index in [1.807, 2.05) is 60.0 Å². The number of rotatable bonds is 11. The van der Waals surface area contributed by atoms with E-state index in [1.165, 1.54) is 17.3 Å². The van der Waals surface area contributed by atoms with Crippen LogP contribution in [0, 0.1) is 6.92 Å². The molecule has 0 aliphatic rings. The van der Waals surface area contributed by atoms with Gasteiger partial charge in [-0.2, -0.15) is 0 Å². The molecule has 186 valence electrons. The number of carboxylic acids is 1. The summed E-state index contributed by atoms with van der Waals surface area (Å²) >= 11 is 1.29. The van der Waals surface area contributed by atoms with Gasteiger partial charge < -0.3 is 19.7 Å². The van der Waals surface area contributed by atoms with Crippen molar-refractivity contribution < 1.29 is 19.4 Å². The van der Waals surface area contributed by atoms with E-state index in [9.17, 15) is 14.7 Å². The third-order valence-electron chi connectivity index (χ3n) is 5.79. The van der Waals surface area contributed by atoms with Crippen molar-refractivity contribution in [3.05, 3.63) is 65.5 Å². The summed E-state index contributed by atoms with van der Waals surface area (Å²) in [5.74, 6) is -0.427. The number of nitrogens with one attached hydrogen (secondary N) is 1. The second-order valence-electron chi connectivity index (χ2n) is 8.81. The minimum atomic E-state index is -0.933. The molecular weight excluding hydrogens is 462 g/mol. The highest BCUT2D eigenvalue weighted by Crippen LogP contribution is 2.34. The number of benzene rings is 2. The Kier molecular flexibility index (Phi) is 8.75. The molecular formula is C27H33N3O4S. The molecule has 1 amide bonds. The van der Waals surface area contributed by atoms with Gasteiger partial charge in [0.1, 0.15) is 16.3 Å². The van der Waals surface area contributed by atoms with Crippen LogP contribution in [0.1, 0.15) is 48.9 Å². The first kappa shape index (κ1) is 26.5. The summed E-state index contributed by atoms with van der Waals surface area (Å²) in [6, 6.07) is 15.4. The second kappa shape index (κ2) is 11.6. The number of aryl methyl sites for hydroxylation is 1. The Balaban J connectivity index is 1.90. The van der Waals surface area contributed by atoms with E-state index < -0.39 is 10.7 Å². The van der Waals surface area contributed by atoms with Gasteiger partial charge in [0.05, 0.1) is 0 Å². The number of carboxylic acid groups (broad SMARTS) is 1. The van der Waals surface area contributed by atoms with E-state index in [0.717, 1.165) is 34.7 Å². The third-order valence-corrected chi connectivity index (χ3v) is 6.98. The van der Waals surface area contributed by atoms with Crippen LogP contribution in [0.5, 0.6) is 0 Å². The highest BCUT2D eigenvalue weighted by molar-refractivity contribution is 8.01. The zero-order valence-corrected chi connectivity index (χ0v) is 21.7. The Bertz CT molecular complexity index is 1170. The third kappa shape index (κ3) is 6.52. The number of ether oxygens (including phenoxy) is 1. The van der Waals surface area contributed by atoms with Crippen molar-refractivity contribution in [2.24, 2.45) is 0 Å². The molecule has 8 heteroatoms. The van der Waals surface area contributed by atoms with Crippen LogP contribution in [-0.4, -0.2) is 45.0 Å². The van der Waals surface area contributed by atoms with Crippen molar-refractivity contribution in [1.82, 2.24) is 9.55 Å². The van der Waals surface area contributed by atoms with Gasteiger partial charge in [-0.1, -0.05) is 31.2 Å². The molecule has 3 aromatic rings. The van der Waals surface area contributed by atoms with Gasteiger partial charge in [0.2, 0.25) is 0 Å². The molecule has 1 heterocycles. The summed E-state index contributed by atoms with van der Waals surface area (Å²) in [7, 11) is 1.67. The summed E-state index contributed by atoms with van der Waals surface area (Å²) in [4.78, 5) is 30.2. The van der Waals surface area contributed by atoms with Crippen LogP contribution < -0.4 is 5.32 Å². The largest absolute Gasteiger partial charge is 0.480 e. The minimum Gasteiger partial charge on any atom is -0.480 e. The van der Waals surface area contributed by atoms with Crippen molar-refractivity contribution >= 4 is 29.3 Å². The molecule has 0 saturated carbocycles. The number of hydrogen-bond donors (Lipinski definition) is 2. The Morgan fingerprint density at radius 1 is 1.11 bits per heavy atom. The fraction of sp³-hybridized carbons (Fsp3) is 0.370. The number of imidazole rings is 1. The maximum Gasteiger partial charge on any atom is 0.319 e. The maximum atomic E-state index is 13.1. The summed E-state index contributed by atoms with van der Waals surface area (Å²) in [6.07, 6.45) is 1.72. The highest BCUT2D eigenvalue weighted by Gasteiger charge is 2.28. The zero-order valence-electron chi connectivity index (χ0n) is 20.9. The number of amides is 1. The molecule has 0 spiro atoms. The van der Waals surface area contributed by atoms with Crippen LogP contribution in [0.4, 0.5) is 5.69 Å². The van der Waals surface area contributed by atoms with Crippen molar-refractivity contribution in [3.63, 3.8) is 0 Å². The van der Waals surface area contributed by atoms with E-state index in [4.69, 9.17) is 9.72 Å². The first-order chi connectivity index (χ1) is 16.7. The van der Waals surface area contributed by atoms with E-state index in [-0.39, 0.29) is 5.91 Å². The van der Waals surface area contributed by atoms with Gasteiger partial charge >= 0.3 is 5.97 Å². The van der Waals surface area contributed by atoms with Gasteiger partial charge in [0, 0.05) is 42.1 Å². The van der Waals surface area contributed by atoms with Crippen LogP contribution in [0.3, 0.4) is 0 Å². The molecule has 35 heavy (non-hydrogen) atoms. The Labute approximate surface area is 210 Å². The van der Waals surface area contributed by atoms with Crippen molar-refractivity contribution in [2.75, 3.05) is 19.0 Å². The van der Waals surface area contributed by atoms with Crippen LogP contribution in [-0.2, 0) is 22.5 Å². The lowest BCUT2D eigenvalue weighted by atomic mass is 10.1. The van der Waals surface area contributed by atoms with Gasteiger partial charge in [-0.15, -0.1) is 11.8 Å². The van der Waals surface area contributed by atoms with Crippen molar-refractivity contribution in [1.29, 1.82) is 0 Å². The standard InChI is InChI=1S/C27H33N3O4S/c1-6-19-8-12-21(13-9-19)28-25(31)23-18(2)30(16-7-17-34-5)24(29-23)20-10-14-22(15-11-20)35-27(3,4)26(32)33/h8-15H,6-7,16-17H2,1-5H3,(H,28,31)(H,32,33). The number of thioether (sulfide) groups is 1. The van der Waals surface area contributed by atoms with E-state index >= 15 is 0 Å². The summed E-state index contributed by atoms with van der Waals surface area (Å²) in [5, 5.41) is 12.4. The number of anilines is 1. The lowest BCUT2D eigenvalue weighted by Crippen LogP contribution is -2.26. The van der Waals surface area contributed by atoms with Gasteiger partial charge in [0.15, 0.2) is 0 Å². The van der Waals surface area contributed by atoms with E-state index in [0.29, 0.717) is 24.7 Å². The molecule has 0 atom stereocenters. The average molecular weight is 496 g/mol. The second-order valence-corrected chi connectivity index (χ2v) is 10.5. The SMILES string of the molecule is CCc1ccc(NC(=O)c2nc(-c3ccc(SC(C)(C)C(=O)O)cc3)n(CCCOC)c2C)cc1. The summed E-state index contributed by atoms with van der Waals surface area (Å²) < 4.78 is 6.32. The predicted molar refractivity (Wildman–Crippen MR) is 140 cm³/mol. The topological polar surface area (TPSA) is 93.5 Å². The molecule has 7 nitrogen and oxygen atoms in total. The number of aromatic nitrogens is 2. The molecule has 2 aromatic carbocycles. The molecule has 0 radical (unpaired) electrons. The van der Waals surface area contributed by atoms with Crippen molar-refractivity contribution in [2.45, 2.75) is 56.7 Å². The highest BCUT2D eigenvalue weighted by atomic mass is 32.2. The molecule has 0 fully saturated rings. The molecule has 0 saturated heterocycles. The Morgan fingerprint density at radius 2 is 1.77 bits per heavy atom. The number of methoxy groups -OCH3 is 1. The lowest BCUT2D eigenvalue weighted by Gasteiger charge is -2.18. The molecule has 3 rings (SSSR count). The predicted octanol–water partition coefficient (Wildman–Crippen LogP) is 5.67. The number of carbonyl (C=O) groups excluding carboxylic acids is 1. The quantitative estimate of drug-likeness (QED) is 0.263. The molecule has 0 bridgehead atoms. The van der Waals surface area contributed by atoms with Crippen LogP contribution in [0.25, 0.3) is 11.4 Å². The Morgan fingerprint density at radius 3 is 2.34 bits per heavy atom. The summed E-state index contributed by atoms with van der Waals surface area (Å²) in [5.41, 5.74) is 3.95. The first-order valence-electron chi connectivity index (χ1n) is 11.7. The summed E-state index contributed by atoms with van der Waals surface area (Å²) in [6.45, 7) is 8.61. The number of hydrogen-bond acceptors (Lipinski definition) is 5. The monoisotopic (exact) mass is 495 g/mol. The maximum absolute atomic E-state index is 13.1. The van der Waals surface area contributed by atoms with E-state index in [2.05, 4.69) is 12.2 Å². The van der Waals surface area contributed by atoms with Crippen LogP contribution in [0.2, 0.25) is 0 Å². The van der Waals surface area contributed by atoms with Crippen molar-refractivity contribution in [3.8, 4) is 11.4 Å². The molecule has 2 N–H and O–H groups in total. The first-order valence-corrected chi connectivity index (χ1v) is 12.5.